The molecule has 0 amide bonds. The van der Waals surface area contributed by atoms with Crippen LogP contribution in [0.2, 0.25) is 0 Å². The molecule has 0 aliphatic carbocycles. The molecular formula is C4H8S6. The van der Waals surface area contributed by atoms with E-state index in [2.05, 4.69) is 37.9 Å². The van der Waals surface area contributed by atoms with Crippen LogP contribution in [0.4, 0.5) is 0 Å². The van der Waals surface area contributed by atoms with E-state index in [1.54, 1.807) is 0 Å². The summed E-state index contributed by atoms with van der Waals surface area (Å²) in [6.45, 7) is 0. The number of rotatable bonds is 2. The minimum absolute atomic E-state index is 0.380. The van der Waals surface area contributed by atoms with Crippen LogP contribution in [0.5, 0.6) is 0 Å². The summed E-state index contributed by atoms with van der Waals surface area (Å²) in [5, 5.41) is 0.881. The second kappa shape index (κ2) is 4.97. The van der Waals surface area contributed by atoms with Crippen molar-refractivity contribution in [2.75, 3.05) is 5.08 Å². The minimum Gasteiger partial charge on any atom is -0.168 e. The first kappa shape index (κ1) is 10.2. The van der Waals surface area contributed by atoms with Crippen molar-refractivity contribution in [2.45, 2.75) is 13.1 Å². The summed E-state index contributed by atoms with van der Waals surface area (Å²) in [6, 6.07) is 0. The Labute approximate surface area is 90.7 Å². The largest absolute Gasteiger partial charge is 0.168 e. The monoisotopic (exact) mass is 248 g/mol. The highest BCUT2D eigenvalue weighted by molar-refractivity contribution is 8.40. The van der Waals surface area contributed by atoms with Gasteiger partial charge in [-0.25, -0.2) is 0 Å². The van der Waals surface area contributed by atoms with Crippen molar-refractivity contribution < 1.29 is 0 Å². The maximum Gasteiger partial charge on any atom is 0.0987 e. The van der Waals surface area contributed by atoms with Crippen molar-refractivity contribution >= 4 is 73.2 Å². The van der Waals surface area contributed by atoms with E-state index in [1.165, 1.54) is 0 Å². The fourth-order valence-corrected chi connectivity index (χ4v) is 7.69. The standard InChI is InChI=1S/C4H8S6/c5-1-8-4-9-2(6)3(7)10-4/h2-7H,1H2. The van der Waals surface area contributed by atoms with Crippen LogP contribution >= 0.6 is 73.2 Å². The van der Waals surface area contributed by atoms with E-state index >= 15 is 0 Å². The zero-order chi connectivity index (χ0) is 7.56. The van der Waals surface area contributed by atoms with Crippen LogP contribution in [-0.4, -0.2) is 18.2 Å². The molecule has 60 valence electrons. The molecule has 2 unspecified atom stereocenters. The van der Waals surface area contributed by atoms with Gasteiger partial charge in [-0.1, -0.05) is 0 Å². The summed E-state index contributed by atoms with van der Waals surface area (Å²) in [5.74, 6) is 0. The van der Waals surface area contributed by atoms with Gasteiger partial charge in [-0.05, 0) is 0 Å². The fraction of sp³-hybridized carbons (Fsp3) is 1.00. The third-order valence-electron chi connectivity index (χ3n) is 0.956. The van der Waals surface area contributed by atoms with E-state index in [4.69, 9.17) is 0 Å². The third-order valence-corrected chi connectivity index (χ3v) is 7.66. The molecule has 0 aromatic heterocycles. The Hall–Kier alpha value is 2.10. The molecule has 1 aliphatic heterocycles. The highest BCUT2D eigenvalue weighted by atomic mass is 32.3. The summed E-state index contributed by atoms with van der Waals surface area (Å²) in [5.41, 5.74) is 0. The lowest BCUT2D eigenvalue weighted by Gasteiger charge is -2.02. The van der Waals surface area contributed by atoms with E-state index in [0.717, 1.165) is 5.08 Å². The predicted octanol–water partition coefficient (Wildman–Crippen LogP) is 2.88. The summed E-state index contributed by atoms with van der Waals surface area (Å²) in [6.07, 6.45) is 0. The molecule has 0 N–H and O–H groups in total. The van der Waals surface area contributed by atoms with Crippen LogP contribution in [0.3, 0.4) is 0 Å². The Bertz CT molecular complexity index is 95.9. The van der Waals surface area contributed by atoms with Gasteiger partial charge in [0.25, 0.3) is 0 Å². The maximum atomic E-state index is 4.37. The summed E-state index contributed by atoms with van der Waals surface area (Å²) >= 11 is 18.4. The van der Waals surface area contributed by atoms with Gasteiger partial charge >= 0.3 is 0 Å². The quantitative estimate of drug-likeness (QED) is 0.508. The molecule has 0 aromatic rings. The zero-order valence-corrected chi connectivity index (χ0v) is 10.1. The SMILES string of the molecule is SCSC1SC(S)C(S)S1. The second-order valence-electron chi connectivity index (χ2n) is 1.64. The first-order valence-electron chi connectivity index (χ1n) is 2.63. The molecule has 2 atom stereocenters. The topological polar surface area (TPSA) is 0 Å². The van der Waals surface area contributed by atoms with Crippen LogP contribution in [0.1, 0.15) is 0 Å². The average molecular weight is 249 g/mol. The van der Waals surface area contributed by atoms with E-state index < -0.39 is 0 Å². The van der Waals surface area contributed by atoms with Crippen LogP contribution in [0.25, 0.3) is 0 Å². The fourth-order valence-electron chi connectivity index (χ4n) is 0.534. The highest BCUT2D eigenvalue weighted by Gasteiger charge is 2.30. The van der Waals surface area contributed by atoms with Crippen molar-refractivity contribution in [3.8, 4) is 0 Å². The number of hydrogen-bond donors (Lipinski definition) is 3. The van der Waals surface area contributed by atoms with E-state index in [-0.39, 0.29) is 0 Å². The van der Waals surface area contributed by atoms with Gasteiger partial charge in [0.05, 0.1) is 13.1 Å². The normalized spacial score (nSPS) is 40.5. The summed E-state index contributed by atoms with van der Waals surface area (Å²) < 4.78 is 1.35. The molecule has 0 bridgehead atoms. The number of hydrogen-bond acceptors (Lipinski definition) is 6. The molecule has 1 rings (SSSR count). The van der Waals surface area contributed by atoms with Crippen LogP contribution in [0.15, 0.2) is 0 Å². The van der Waals surface area contributed by atoms with Gasteiger partial charge in [-0.3, -0.25) is 0 Å². The average Bonchev–Trinajstić information content (AvgIpc) is 2.14. The van der Waals surface area contributed by atoms with Crippen LogP contribution < -0.4 is 0 Å². The molecule has 6 heteroatoms. The van der Waals surface area contributed by atoms with E-state index in [1.807, 2.05) is 35.3 Å². The molecule has 0 spiro atoms. The Balaban J connectivity index is 2.27. The van der Waals surface area contributed by atoms with Crippen molar-refractivity contribution in [3.05, 3.63) is 0 Å². The van der Waals surface area contributed by atoms with Crippen LogP contribution in [-0.2, 0) is 0 Å². The molecular weight excluding hydrogens is 240 g/mol. The lowest BCUT2D eigenvalue weighted by molar-refractivity contribution is 1.41. The Morgan fingerprint density at radius 1 is 1.20 bits per heavy atom. The van der Waals surface area contributed by atoms with Gasteiger partial charge in [0.15, 0.2) is 0 Å². The minimum atomic E-state index is 0.380. The lowest BCUT2D eigenvalue weighted by atomic mass is 10.9. The Morgan fingerprint density at radius 2 is 1.70 bits per heavy atom. The third kappa shape index (κ3) is 2.86. The number of thiol groups is 3. The summed E-state index contributed by atoms with van der Waals surface area (Å²) in [4.78, 5) is 0. The Kier molecular flexibility index (Phi) is 5.06. The smallest absolute Gasteiger partial charge is 0.0987 e. The zero-order valence-electron chi connectivity index (χ0n) is 5.01. The first-order valence-corrected chi connectivity index (χ1v) is 7.23. The molecule has 1 saturated heterocycles. The van der Waals surface area contributed by atoms with Gasteiger partial charge in [-0.15, -0.1) is 35.3 Å². The van der Waals surface area contributed by atoms with Crippen molar-refractivity contribution in [1.82, 2.24) is 0 Å². The highest BCUT2D eigenvalue weighted by Crippen LogP contribution is 2.51. The van der Waals surface area contributed by atoms with Gasteiger partial charge < -0.3 is 0 Å². The lowest BCUT2D eigenvalue weighted by Crippen LogP contribution is -1.97. The predicted molar refractivity (Wildman–Crippen MR) is 66.0 cm³/mol. The summed E-state index contributed by atoms with van der Waals surface area (Å²) in [7, 11) is 0. The molecule has 0 aromatic carbocycles. The Morgan fingerprint density at radius 3 is 2.10 bits per heavy atom. The first-order chi connectivity index (χ1) is 4.74. The van der Waals surface area contributed by atoms with Crippen molar-refractivity contribution in [1.29, 1.82) is 0 Å². The molecule has 0 nitrogen and oxygen atoms in total. The second-order valence-corrected chi connectivity index (χ2v) is 8.68. The maximum absolute atomic E-state index is 4.37. The van der Waals surface area contributed by atoms with E-state index in [9.17, 15) is 0 Å². The van der Waals surface area contributed by atoms with Gasteiger partial charge in [0, 0.05) is 5.08 Å². The molecule has 0 saturated carbocycles. The van der Waals surface area contributed by atoms with E-state index in [0.29, 0.717) is 13.1 Å². The van der Waals surface area contributed by atoms with Crippen molar-refractivity contribution in [2.24, 2.45) is 0 Å². The van der Waals surface area contributed by atoms with Gasteiger partial charge in [0.1, 0.15) is 0 Å². The molecule has 1 aliphatic rings. The molecule has 10 heavy (non-hydrogen) atoms. The van der Waals surface area contributed by atoms with Gasteiger partial charge in [-0.2, -0.15) is 37.9 Å². The van der Waals surface area contributed by atoms with Crippen LogP contribution in [0, 0.1) is 0 Å². The molecule has 0 radical (unpaired) electrons. The van der Waals surface area contributed by atoms with Gasteiger partial charge in [0.2, 0.25) is 0 Å². The number of thioether (sulfide) groups is 3. The molecule has 1 heterocycles. The molecule has 1 fully saturated rings. The van der Waals surface area contributed by atoms with Crippen molar-refractivity contribution in [3.63, 3.8) is 0 Å².